The summed E-state index contributed by atoms with van der Waals surface area (Å²) in [7, 11) is 0. The molecule has 20 heavy (non-hydrogen) atoms. The normalized spacial score (nSPS) is 15.6. The van der Waals surface area contributed by atoms with Gasteiger partial charge in [0, 0.05) is 26.2 Å². The van der Waals surface area contributed by atoms with Crippen molar-refractivity contribution in [3.8, 4) is 5.69 Å². The Morgan fingerprint density at radius 1 is 1.20 bits per heavy atom. The van der Waals surface area contributed by atoms with Crippen LogP contribution in [0.15, 0.2) is 30.5 Å². The predicted octanol–water partition coefficient (Wildman–Crippen LogP) is 2.50. The van der Waals surface area contributed by atoms with E-state index in [9.17, 15) is 0 Å². The summed E-state index contributed by atoms with van der Waals surface area (Å²) in [5.74, 6) is 0. The molecule has 4 nitrogen and oxygen atoms in total. The molecule has 1 aliphatic heterocycles. The largest absolute Gasteiger partial charge is 0.366 e. The summed E-state index contributed by atoms with van der Waals surface area (Å²) in [4.78, 5) is 2.40. The van der Waals surface area contributed by atoms with Gasteiger partial charge in [0.2, 0.25) is 0 Å². The number of halogens is 1. The third-order valence-corrected chi connectivity index (χ3v) is 4.04. The van der Waals surface area contributed by atoms with Gasteiger partial charge in [-0.2, -0.15) is 5.10 Å². The van der Waals surface area contributed by atoms with Crippen molar-refractivity contribution in [1.82, 2.24) is 15.1 Å². The maximum absolute atomic E-state index is 6.30. The summed E-state index contributed by atoms with van der Waals surface area (Å²) >= 11 is 6.30. The third-order valence-electron chi connectivity index (χ3n) is 3.72. The topological polar surface area (TPSA) is 33.1 Å². The molecule has 2 aromatic rings. The van der Waals surface area contributed by atoms with Crippen LogP contribution >= 0.6 is 11.6 Å². The van der Waals surface area contributed by atoms with Gasteiger partial charge in [-0.3, -0.25) is 0 Å². The molecule has 0 amide bonds. The highest BCUT2D eigenvalue weighted by Crippen LogP contribution is 2.27. The van der Waals surface area contributed by atoms with Gasteiger partial charge >= 0.3 is 0 Å². The van der Waals surface area contributed by atoms with Gasteiger partial charge in [0.05, 0.1) is 28.3 Å². The minimum atomic E-state index is 0.733. The summed E-state index contributed by atoms with van der Waals surface area (Å²) in [5, 5.41) is 8.68. The molecule has 1 aliphatic rings. The Bertz CT molecular complexity index is 587. The smallest absolute Gasteiger partial charge is 0.0835 e. The van der Waals surface area contributed by atoms with Crippen LogP contribution in [0.3, 0.4) is 0 Å². The minimum Gasteiger partial charge on any atom is -0.366 e. The number of hydrogen-bond acceptors (Lipinski definition) is 3. The molecular formula is C15H19ClN4. The fraction of sp³-hybridized carbons (Fsp3) is 0.400. The van der Waals surface area contributed by atoms with E-state index in [1.165, 1.54) is 11.4 Å². The van der Waals surface area contributed by atoms with Crippen molar-refractivity contribution < 1.29 is 0 Å². The number of piperazine rings is 1. The molecule has 106 valence electrons. The molecule has 1 N–H and O–H groups in total. The molecule has 0 spiro atoms. The molecule has 0 unspecified atom stereocenters. The molecule has 0 radical (unpaired) electrons. The fourth-order valence-corrected chi connectivity index (χ4v) is 2.91. The number of benzene rings is 1. The highest BCUT2D eigenvalue weighted by molar-refractivity contribution is 6.32. The molecule has 0 atom stereocenters. The number of aromatic nitrogens is 2. The second-order valence-electron chi connectivity index (χ2n) is 4.93. The lowest BCUT2D eigenvalue weighted by atomic mass is 10.2. The van der Waals surface area contributed by atoms with Gasteiger partial charge in [0.15, 0.2) is 0 Å². The van der Waals surface area contributed by atoms with Crippen LogP contribution in [0, 0.1) is 0 Å². The number of rotatable bonds is 3. The molecule has 0 saturated carbocycles. The lowest BCUT2D eigenvalue weighted by molar-refractivity contribution is 0.587. The summed E-state index contributed by atoms with van der Waals surface area (Å²) in [6, 6.07) is 7.85. The molecule has 1 aromatic heterocycles. The van der Waals surface area contributed by atoms with Gasteiger partial charge in [0.1, 0.15) is 0 Å². The zero-order chi connectivity index (χ0) is 13.9. The van der Waals surface area contributed by atoms with Crippen LogP contribution in [0.25, 0.3) is 5.69 Å². The average Bonchev–Trinajstić information content (AvgIpc) is 2.92. The van der Waals surface area contributed by atoms with Gasteiger partial charge < -0.3 is 10.2 Å². The summed E-state index contributed by atoms with van der Waals surface area (Å²) in [6.07, 6.45) is 2.90. The van der Waals surface area contributed by atoms with Crippen LogP contribution in [0.2, 0.25) is 5.02 Å². The van der Waals surface area contributed by atoms with Crippen molar-refractivity contribution in [2.45, 2.75) is 13.3 Å². The van der Waals surface area contributed by atoms with Crippen LogP contribution in [0.4, 0.5) is 5.69 Å². The van der Waals surface area contributed by atoms with Crippen molar-refractivity contribution in [2.75, 3.05) is 31.1 Å². The quantitative estimate of drug-likeness (QED) is 0.943. The Hall–Kier alpha value is -1.52. The first-order valence-electron chi connectivity index (χ1n) is 7.08. The number of nitrogens with one attached hydrogen (secondary N) is 1. The Kier molecular flexibility index (Phi) is 3.94. The van der Waals surface area contributed by atoms with Crippen LogP contribution in [-0.4, -0.2) is 36.0 Å². The third kappa shape index (κ3) is 2.41. The molecule has 3 rings (SSSR count). The zero-order valence-corrected chi connectivity index (χ0v) is 12.4. The first-order chi connectivity index (χ1) is 9.81. The number of para-hydroxylation sites is 1. The van der Waals surface area contributed by atoms with Crippen LogP contribution in [0.1, 0.15) is 12.6 Å². The van der Waals surface area contributed by atoms with Crippen LogP contribution in [0.5, 0.6) is 0 Å². The van der Waals surface area contributed by atoms with E-state index in [-0.39, 0.29) is 0 Å². The van der Waals surface area contributed by atoms with Crippen molar-refractivity contribution in [3.63, 3.8) is 0 Å². The fourth-order valence-electron chi connectivity index (χ4n) is 2.70. The molecule has 1 saturated heterocycles. The first-order valence-corrected chi connectivity index (χ1v) is 7.46. The number of anilines is 1. The van der Waals surface area contributed by atoms with E-state index in [1.54, 1.807) is 0 Å². The predicted molar refractivity (Wildman–Crippen MR) is 83.0 cm³/mol. The molecule has 1 aromatic carbocycles. The maximum Gasteiger partial charge on any atom is 0.0835 e. The summed E-state index contributed by atoms with van der Waals surface area (Å²) < 4.78 is 1.97. The zero-order valence-electron chi connectivity index (χ0n) is 11.6. The molecular weight excluding hydrogens is 272 g/mol. The monoisotopic (exact) mass is 290 g/mol. The summed E-state index contributed by atoms with van der Waals surface area (Å²) in [6.45, 7) is 6.28. The molecule has 0 aliphatic carbocycles. The van der Waals surface area contributed by atoms with Gasteiger partial charge in [-0.1, -0.05) is 30.7 Å². The summed E-state index contributed by atoms with van der Waals surface area (Å²) in [5.41, 5.74) is 3.40. The standard InChI is InChI=1S/C15H19ClN4/c1-2-13-15(19-9-7-17-8-10-19)11-18-20(13)14-6-4-3-5-12(14)16/h3-6,11,17H,2,7-10H2,1H3. The van der Waals surface area contributed by atoms with Crippen molar-refractivity contribution in [2.24, 2.45) is 0 Å². The SMILES string of the molecule is CCc1c(N2CCNCC2)cnn1-c1ccccc1Cl. The minimum absolute atomic E-state index is 0.733. The molecule has 5 heteroatoms. The average molecular weight is 291 g/mol. The molecule has 0 bridgehead atoms. The van der Waals surface area contributed by atoms with E-state index in [2.05, 4.69) is 22.2 Å². The Morgan fingerprint density at radius 2 is 1.95 bits per heavy atom. The number of nitrogens with zero attached hydrogens (tertiary/aromatic N) is 3. The Labute approximate surface area is 124 Å². The van der Waals surface area contributed by atoms with Crippen molar-refractivity contribution in [3.05, 3.63) is 41.2 Å². The highest BCUT2D eigenvalue weighted by atomic mass is 35.5. The van der Waals surface area contributed by atoms with E-state index in [4.69, 9.17) is 11.6 Å². The maximum atomic E-state index is 6.30. The van der Waals surface area contributed by atoms with Crippen molar-refractivity contribution >= 4 is 17.3 Å². The second kappa shape index (κ2) is 5.85. The van der Waals surface area contributed by atoms with Crippen LogP contribution < -0.4 is 10.2 Å². The van der Waals surface area contributed by atoms with E-state index in [1.807, 2.05) is 35.1 Å². The van der Waals surface area contributed by atoms with E-state index < -0.39 is 0 Å². The van der Waals surface area contributed by atoms with Crippen molar-refractivity contribution in [1.29, 1.82) is 0 Å². The molecule has 2 heterocycles. The number of hydrogen-bond donors (Lipinski definition) is 1. The van der Waals surface area contributed by atoms with E-state index in [0.717, 1.165) is 43.3 Å². The van der Waals surface area contributed by atoms with E-state index >= 15 is 0 Å². The van der Waals surface area contributed by atoms with Gasteiger partial charge in [-0.25, -0.2) is 4.68 Å². The Balaban J connectivity index is 2.01. The van der Waals surface area contributed by atoms with Gasteiger partial charge in [-0.05, 0) is 18.6 Å². The van der Waals surface area contributed by atoms with Crippen LogP contribution in [-0.2, 0) is 6.42 Å². The second-order valence-corrected chi connectivity index (χ2v) is 5.34. The highest BCUT2D eigenvalue weighted by Gasteiger charge is 2.19. The molecule has 1 fully saturated rings. The first kappa shape index (κ1) is 13.5. The lowest BCUT2D eigenvalue weighted by Crippen LogP contribution is -2.43. The van der Waals surface area contributed by atoms with Gasteiger partial charge in [0.25, 0.3) is 0 Å². The van der Waals surface area contributed by atoms with Gasteiger partial charge in [-0.15, -0.1) is 0 Å². The Morgan fingerprint density at radius 3 is 2.65 bits per heavy atom. The lowest BCUT2D eigenvalue weighted by Gasteiger charge is -2.29. The van der Waals surface area contributed by atoms with E-state index in [0.29, 0.717) is 0 Å².